The maximum absolute atomic E-state index is 13.6. The van der Waals surface area contributed by atoms with Crippen molar-refractivity contribution in [1.29, 1.82) is 0 Å². The van der Waals surface area contributed by atoms with Gasteiger partial charge in [-0.05, 0) is 54.8 Å². The first-order valence-electron chi connectivity index (χ1n) is 8.90. The van der Waals surface area contributed by atoms with Crippen LogP contribution in [0, 0.1) is 5.82 Å². The Morgan fingerprint density at radius 3 is 2.93 bits per heavy atom. The lowest BCUT2D eigenvalue weighted by molar-refractivity contribution is 0.627. The molecule has 1 aliphatic heterocycles. The van der Waals surface area contributed by atoms with Gasteiger partial charge in [-0.25, -0.2) is 4.39 Å². The molecule has 0 bridgehead atoms. The van der Waals surface area contributed by atoms with Crippen molar-refractivity contribution in [2.75, 3.05) is 0 Å². The number of allylic oxidation sites excluding steroid dienone is 4. The van der Waals surface area contributed by atoms with Gasteiger partial charge in [-0.15, -0.1) is 15.3 Å². The summed E-state index contributed by atoms with van der Waals surface area (Å²) in [6.07, 6.45) is 11.2. The molecule has 0 radical (unpaired) electrons. The Morgan fingerprint density at radius 1 is 1.11 bits per heavy atom. The van der Waals surface area contributed by atoms with Crippen molar-refractivity contribution in [3.8, 4) is 0 Å². The Balaban J connectivity index is 1.58. The zero-order valence-electron chi connectivity index (χ0n) is 15.3. The number of pyridine rings is 1. The van der Waals surface area contributed by atoms with Gasteiger partial charge >= 0.3 is 0 Å². The molecule has 0 spiro atoms. The number of aromatic nitrogens is 3. The van der Waals surface area contributed by atoms with Crippen LogP contribution in [0.1, 0.15) is 25.3 Å². The third kappa shape index (κ3) is 4.43. The second-order valence-electron chi connectivity index (χ2n) is 6.34. The van der Waals surface area contributed by atoms with Gasteiger partial charge in [-0.2, -0.15) is 5.10 Å². The van der Waals surface area contributed by atoms with Crippen LogP contribution in [0.15, 0.2) is 82.2 Å². The Morgan fingerprint density at radius 2 is 2.04 bits per heavy atom. The highest BCUT2D eigenvalue weighted by molar-refractivity contribution is 8.14. The summed E-state index contributed by atoms with van der Waals surface area (Å²) in [5.74, 6) is -0.239. The molecule has 7 heteroatoms. The van der Waals surface area contributed by atoms with Crippen molar-refractivity contribution in [3.63, 3.8) is 0 Å². The highest BCUT2D eigenvalue weighted by atomic mass is 32.2. The second-order valence-corrected chi connectivity index (χ2v) is 7.49. The molecule has 0 saturated carbocycles. The largest absolute Gasteiger partial charge is 0.288 e. The average molecular weight is 391 g/mol. The fraction of sp³-hybridized carbons (Fsp3) is 0.143. The first-order chi connectivity index (χ1) is 13.7. The average Bonchev–Trinajstić information content (AvgIpc) is 3.16. The Bertz CT molecular complexity index is 1130. The predicted molar refractivity (Wildman–Crippen MR) is 112 cm³/mol. The number of rotatable bonds is 2. The number of halogens is 1. The second kappa shape index (κ2) is 8.31. The molecule has 0 aliphatic carbocycles. The molecular weight excluding hydrogens is 373 g/mol. The van der Waals surface area contributed by atoms with E-state index in [1.807, 2.05) is 47.9 Å². The molecule has 3 aromatic rings. The molecule has 1 aliphatic rings. The van der Waals surface area contributed by atoms with Crippen LogP contribution in [-0.2, 0) is 0 Å². The molecule has 1 aromatic carbocycles. The molecule has 28 heavy (non-hydrogen) atoms. The van der Waals surface area contributed by atoms with Gasteiger partial charge in [0, 0.05) is 17.5 Å². The lowest BCUT2D eigenvalue weighted by Gasteiger charge is -2.08. The van der Waals surface area contributed by atoms with E-state index < -0.39 is 0 Å². The minimum absolute atomic E-state index is 0.239. The number of nitrogens with zero attached hydrogens (tertiary/aromatic N) is 5. The van der Waals surface area contributed by atoms with E-state index in [2.05, 4.69) is 26.5 Å². The predicted octanol–water partition coefficient (Wildman–Crippen LogP) is 5.17. The molecule has 0 unspecified atom stereocenters. The molecule has 3 heterocycles. The van der Waals surface area contributed by atoms with Gasteiger partial charge in [0.05, 0.1) is 5.71 Å². The molecule has 0 atom stereocenters. The summed E-state index contributed by atoms with van der Waals surface area (Å²) in [6.45, 7) is 1.90. The van der Waals surface area contributed by atoms with Crippen LogP contribution in [0.5, 0.6) is 0 Å². The Hall–Kier alpha value is -3.06. The summed E-state index contributed by atoms with van der Waals surface area (Å²) in [6, 6.07) is 10.6. The maximum atomic E-state index is 13.6. The normalized spacial score (nSPS) is 17.0. The monoisotopic (exact) mass is 391 g/mol. The molecule has 0 amide bonds. The minimum Gasteiger partial charge on any atom is -0.288 e. The number of fused-ring (bicyclic) bond motifs is 1. The highest BCUT2D eigenvalue weighted by Crippen LogP contribution is 2.25. The van der Waals surface area contributed by atoms with Crippen LogP contribution < -0.4 is 0 Å². The number of benzene rings is 1. The lowest BCUT2D eigenvalue weighted by atomic mass is 10.0. The first-order valence-corrected chi connectivity index (χ1v) is 9.71. The smallest absolute Gasteiger partial charge is 0.160 e. The van der Waals surface area contributed by atoms with E-state index in [9.17, 15) is 4.39 Å². The van der Waals surface area contributed by atoms with Gasteiger partial charge in [0.1, 0.15) is 17.2 Å². The number of hydrogen-bond donors (Lipinski definition) is 0. The number of hydrogen-bond acceptors (Lipinski definition) is 5. The van der Waals surface area contributed by atoms with Gasteiger partial charge < -0.3 is 0 Å². The zero-order valence-corrected chi connectivity index (χ0v) is 16.1. The highest BCUT2D eigenvalue weighted by Gasteiger charge is 2.07. The SMILES string of the molecule is CC1=N/N=C(/Sc2ccc3nncn3c2)CCC=C(c2cccc(F)c2)C=C1. The summed E-state index contributed by atoms with van der Waals surface area (Å²) in [4.78, 5) is 1.04. The van der Waals surface area contributed by atoms with E-state index in [0.29, 0.717) is 0 Å². The van der Waals surface area contributed by atoms with Crippen LogP contribution in [0.3, 0.4) is 0 Å². The fourth-order valence-electron chi connectivity index (χ4n) is 2.80. The van der Waals surface area contributed by atoms with Crippen molar-refractivity contribution in [3.05, 3.63) is 78.5 Å². The van der Waals surface area contributed by atoms with Crippen molar-refractivity contribution in [1.82, 2.24) is 14.6 Å². The molecule has 140 valence electrons. The van der Waals surface area contributed by atoms with Crippen LogP contribution in [0.4, 0.5) is 4.39 Å². The molecule has 0 saturated heterocycles. The van der Waals surface area contributed by atoms with Crippen LogP contribution in [-0.4, -0.2) is 25.4 Å². The van der Waals surface area contributed by atoms with E-state index in [1.54, 1.807) is 30.2 Å². The minimum atomic E-state index is -0.239. The topological polar surface area (TPSA) is 54.9 Å². The van der Waals surface area contributed by atoms with Gasteiger partial charge in [0.25, 0.3) is 0 Å². The van der Waals surface area contributed by atoms with Crippen LogP contribution >= 0.6 is 11.8 Å². The van der Waals surface area contributed by atoms with Crippen molar-refractivity contribution < 1.29 is 4.39 Å². The standard InChI is InChI=1S/C21H18FN5S/c1-15-8-9-16(17-5-2-6-18(22)12-17)4-3-7-21(26-24-15)28-19-10-11-20-25-23-14-27(20)13-19/h2,4-6,8-14H,3,7H2,1H3/b9-8?,16-4?,24-15?,26-21+. The molecule has 5 nitrogen and oxygen atoms in total. The van der Waals surface area contributed by atoms with E-state index in [-0.39, 0.29) is 5.82 Å². The zero-order chi connectivity index (χ0) is 19.3. The number of thioether (sulfide) groups is 1. The van der Waals surface area contributed by atoms with E-state index >= 15 is 0 Å². The van der Waals surface area contributed by atoms with E-state index in [1.165, 1.54) is 6.07 Å². The quantitative estimate of drug-likeness (QED) is 0.606. The summed E-state index contributed by atoms with van der Waals surface area (Å²) in [7, 11) is 0. The van der Waals surface area contributed by atoms with Gasteiger partial charge in [-0.3, -0.25) is 4.40 Å². The summed E-state index contributed by atoms with van der Waals surface area (Å²) >= 11 is 1.58. The van der Waals surface area contributed by atoms with Gasteiger partial charge in [0.2, 0.25) is 0 Å². The van der Waals surface area contributed by atoms with Gasteiger partial charge in [-0.1, -0.05) is 36.0 Å². The third-order valence-corrected chi connectivity index (χ3v) is 5.20. The lowest BCUT2D eigenvalue weighted by Crippen LogP contribution is -1.96. The maximum Gasteiger partial charge on any atom is 0.160 e. The molecule has 0 N–H and O–H groups in total. The van der Waals surface area contributed by atoms with Crippen LogP contribution in [0.2, 0.25) is 0 Å². The van der Waals surface area contributed by atoms with Gasteiger partial charge in [0.15, 0.2) is 5.65 Å². The van der Waals surface area contributed by atoms with Crippen molar-refractivity contribution in [2.45, 2.75) is 24.7 Å². The Labute approximate surface area is 166 Å². The van der Waals surface area contributed by atoms with Crippen molar-refractivity contribution in [2.24, 2.45) is 10.2 Å². The molecule has 0 fully saturated rings. The first kappa shape index (κ1) is 18.3. The molecule has 2 aromatic heterocycles. The molecular formula is C21H18FN5S. The van der Waals surface area contributed by atoms with E-state index in [4.69, 9.17) is 0 Å². The fourth-order valence-corrected chi connectivity index (χ4v) is 3.68. The summed E-state index contributed by atoms with van der Waals surface area (Å²) in [5, 5.41) is 17.6. The van der Waals surface area contributed by atoms with E-state index in [0.717, 1.165) is 45.3 Å². The Kier molecular flexibility index (Phi) is 5.43. The summed E-state index contributed by atoms with van der Waals surface area (Å²) in [5.41, 5.74) is 3.43. The molecule has 4 rings (SSSR count). The van der Waals surface area contributed by atoms with Crippen molar-refractivity contribution >= 4 is 33.7 Å². The summed E-state index contributed by atoms with van der Waals surface area (Å²) < 4.78 is 15.5. The third-order valence-electron chi connectivity index (χ3n) is 4.20. The van der Waals surface area contributed by atoms with Crippen LogP contribution in [0.25, 0.3) is 11.2 Å².